The quantitative estimate of drug-likeness (QED) is 0.708. The minimum atomic E-state index is -0.0120. The lowest BCUT2D eigenvalue weighted by Crippen LogP contribution is -2.28. The normalized spacial score (nSPS) is 22.2. The first-order valence-corrected chi connectivity index (χ1v) is 5.20. The number of aryl methyl sites for hydroxylation is 1. The van der Waals surface area contributed by atoms with Crippen LogP contribution in [0.2, 0.25) is 0 Å². The molecule has 0 amide bonds. The molecule has 0 saturated carbocycles. The molecule has 0 unspecified atom stereocenters. The standard InChI is InChI=1S/C11H16N2O/c1-8-9(5-6-11(14)13-8)10-4-2-3-7-12-10/h5-6,10,12H,2-4,7H2,1H3,(H,13,14)/t10-/m0/s1. The van der Waals surface area contributed by atoms with E-state index < -0.39 is 0 Å². The maximum Gasteiger partial charge on any atom is 0.248 e. The van der Waals surface area contributed by atoms with Gasteiger partial charge in [-0.05, 0) is 31.9 Å². The van der Waals surface area contributed by atoms with Gasteiger partial charge in [0.05, 0.1) is 0 Å². The third-order valence-corrected chi connectivity index (χ3v) is 2.84. The van der Waals surface area contributed by atoms with E-state index in [9.17, 15) is 4.79 Å². The van der Waals surface area contributed by atoms with Gasteiger partial charge in [0, 0.05) is 17.8 Å². The van der Waals surface area contributed by atoms with Crippen LogP contribution in [0.5, 0.6) is 0 Å². The van der Waals surface area contributed by atoms with Crippen LogP contribution in [0.1, 0.15) is 36.6 Å². The van der Waals surface area contributed by atoms with Crippen LogP contribution in [0, 0.1) is 6.92 Å². The number of piperidine rings is 1. The highest BCUT2D eigenvalue weighted by Gasteiger charge is 2.16. The highest BCUT2D eigenvalue weighted by atomic mass is 16.1. The van der Waals surface area contributed by atoms with Crippen LogP contribution < -0.4 is 10.9 Å². The van der Waals surface area contributed by atoms with Gasteiger partial charge in [-0.1, -0.05) is 12.5 Å². The molecule has 0 aliphatic carbocycles. The van der Waals surface area contributed by atoms with Gasteiger partial charge in [-0.25, -0.2) is 0 Å². The Morgan fingerprint density at radius 3 is 2.86 bits per heavy atom. The van der Waals surface area contributed by atoms with Crippen LogP contribution >= 0.6 is 0 Å². The number of aromatic nitrogens is 1. The van der Waals surface area contributed by atoms with Crippen molar-refractivity contribution in [1.82, 2.24) is 10.3 Å². The van der Waals surface area contributed by atoms with Crippen molar-refractivity contribution in [3.05, 3.63) is 33.7 Å². The smallest absolute Gasteiger partial charge is 0.248 e. The average Bonchev–Trinajstić information content (AvgIpc) is 2.19. The summed E-state index contributed by atoms with van der Waals surface area (Å²) in [6.45, 7) is 3.05. The largest absolute Gasteiger partial charge is 0.326 e. The van der Waals surface area contributed by atoms with Crippen molar-refractivity contribution in [1.29, 1.82) is 0 Å². The molecule has 0 radical (unpaired) electrons. The number of hydrogen-bond donors (Lipinski definition) is 2. The monoisotopic (exact) mass is 192 g/mol. The van der Waals surface area contributed by atoms with Gasteiger partial charge in [-0.2, -0.15) is 0 Å². The summed E-state index contributed by atoms with van der Waals surface area (Å²) in [6, 6.07) is 3.98. The first-order chi connectivity index (χ1) is 6.77. The van der Waals surface area contributed by atoms with Gasteiger partial charge in [0.15, 0.2) is 0 Å². The fourth-order valence-electron chi connectivity index (χ4n) is 2.08. The third kappa shape index (κ3) is 1.87. The zero-order valence-electron chi connectivity index (χ0n) is 8.47. The van der Waals surface area contributed by atoms with Crippen LogP contribution in [-0.2, 0) is 0 Å². The van der Waals surface area contributed by atoms with Crippen LogP contribution in [0.25, 0.3) is 0 Å². The second-order valence-corrected chi connectivity index (χ2v) is 3.91. The van der Waals surface area contributed by atoms with Crippen molar-refractivity contribution in [3.63, 3.8) is 0 Å². The highest BCUT2D eigenvalue weighted by Crippen LogP contribution is 2.23. The van der Waals surface area contributed by atoms with Gasteiger partial charge < -0.3 is 10.3 Å². The summed E-state index contributed by atoms with van der Waals surface area (Å²) in [5, 5.41) is 3.47. The average molecular weight is 192 g/mol. The first kappa shape index (κ1) is 9.46. The molecule has 14 heavy (non-hydrogen) atoms. The second-order valence-electron chi connectivity index (χ2n) is 3.91. The zero-order chi connectivity index (χ0) is 9.97. The molecule has 1 aromatic heterocycles. The van der Waals surface area contributed by atoms with Gasteiger partial charge in [0.2, 0.25) is 5.56 Å². The molecule has 2 N–H and O–H groups in total. The lowest BCUT2D eigenvalue weighted by molar-refractivity contribution is 0.410. The number of aromatic amines is 1. The fraction of sp³-hybridized carbons (Fsp3) is 0.545. The maximum atomic E-state index is 11.0. The predicted octanol–water partition coefficient (Wildman–Crippen LogP) is 1.50. The Balaban J connectivity index is 2.26. The Hall–Kier alpha value is -1.09. The molecule has 76 valence electrons. The van der Waals surface area contributed by atoms with Crippen molar-refractivity contribution in [2.45, 2.75) is 32.2 Å². The van der Waals surface area contributed by atoms with Gasteiger partial charge in [-0.15, -0.1) is 0 Å². The molecule has 1 aromatic rings. The van der Waals surface area contributed by atoms with Crippen LogP contribution in [0.15, 0.2) is 16.9 Å². The van der Waals surface area contributed by atoms with E-state index in [0.29, 0.717) is 6.04 Å². The molecule has 1 fully saturated rings. The lowest BCUT2D eigenvalue weighted by atomic mass is 9.97. The predicted molar refractivity (Wildman–Crippen MR) is 56.4 cm³/mol. The minimum Gasteiger partial charge on any atom is -0.326 e. The third-order valence-electron chi connectivity index (χ3n) is 2.84. The molecule has 1 aliphatic heterocycles. The van der Waals surface area contributed by atoms with Crippen LogP contribution in [-0.4, -0.2) is 11.5 Å². The van der Waals surface area contributed by atoms with Crippen LogP contribution in [0.3, 0.4) is 0 Å². The summed E-state index contributed by atoms with van der Waals surface area (Å²) >= 11 is 0. The summed E-state index contributed by atoms with van der Waals surface area (Å²) in [7, 11) is 0. The summed E-state index contributed by atoms with van der Waals surface area (Å²) in [5.74, 6) is 0. The van der Waals surface area contributed by atoms with Crippen molar-refractivity contribution in [2.24, 2.45) is 0 Å². The Morgan fingerprint density at radius 2 is 2.21 bits per heavy atom. The summed E-state index contributed by atoms with van der Waals surface area (Å²) in [4.78, 5) is 13.9. The molecule has 1 atom stereocenters. The summed E-state index contributed by atoms with van der Waals surface area (Å²) in [6.07, 6.45) is 3.71. The Bertz CT molecular complexity index is 364. The zero-order valence-corrected chi connectivity index (χ0v) is 8.47. The molecule has 0 aromatic carbocycles. The topological polar surface area (TPSA) is 44.9 Å². The van der Waals surface area contributed by atoms with E-state index in [2.05, 4.69) is 10.3 Å². The highest BCUT2D eigenvalue weighted by molar-refractivity contribution is 5.22. The SMILES string of the molecule is Cc1[nH]c(=O)ccc1[C@@H]1CCCCN1. The van der Waals surface area contributed by atoms with Crippen molar-refractivity contribution in [3.8, 4) is 0 Å². The molecule has 1 aliphatic rings. The maximum absolute atomic E-state index is 11.0. The van der Waals surface area contributed by atoms with Crippen molar-refractivity contribution in [2.75, 3.05) is 6.54 Å². The van der Waals surface area contributed by atoms with E-state index in [1.54, 1.807) is 6.07 Å². The molecule has 3 nitrogen and oxygen atoms in total. The lowest BCUT2D eigenvalue weighted by Gasteiger charge is -2.24. The van der Waals surface area contributed by atoms with Crippen molar-refractivity contribution >= 4 is 0 Å². The van der Waals surface area contributed by atoms with E-state index in [4.69, 9.17) is 0 Å². The van der Waals surface area contributed by atoms with Gasteiger partial charge in [0.25, 0.3) is 0 Å². The van der Waals surface area contributed by atoms with E-state index in [1.807, 2.05) is 13.0 Å². The van der Waals surface area contributed by atoms with Gasteiger partial charge in [0.1, 0.15) is 0 Å². The van der Waals surface area contributed by atoms with Gasteiger partial charge >= 0.3 is 0 Å². The minimum absolute atomic E-state index is 0.0120. The molecule has 2 heterocycles. The van der Waals surface area contributed by atoms with E-state index in [-0.39, 0.29) is 5.56 Å². The van der Waals surface area contributed by atoms with E-state index >= 15 is 0 Å². The fourth-order valence-corrected chi connectivity index (χ4v) is 2.08. The second kappa shape index (κ2) is 3.96. The summed E-state index contributed by atoms with van der Waals surface area (Å²) < 4.78 is 0. The first-order valence-electron chi connectivity index (χ1n) is 5.20. The molecule has 0 bridgehead atoms. The molecule has 1 saturated heterocycles. The Labute approximate surface area is 83.5 Å². The summed E-state index contributed by atoms with van der Waals surface area (Å²) in [5.41, 5.74) is 2.23. The van der Waals surface area contributed by atoms with E-state index in [1.165, 1.54) is 24.8 Å². The molecule has 3 heteroatoms. The van der Waals surface area contributed by atoms with E-state index in [0.717, 1.165) is 12.2 Å². The Kier molecular flexibility index (Phi) is 2.68. The molecular formula is C11H16N2O. The van der Waals surface area contributed by atoms with Crippen molar-refractivity contribution < 1.29 is 0 Å². The number of hydrogen-bond acceptors (Lipinski definition) is 2. The molecular weight excluding hydrogens is 176 g/mol. The number of pyridine rings is 1. The molecule has 2 rings (SSSR count). The van der Waals surface area contributed by atoms with Gasteiger partial charge in [-0.3, -0.25) is 4.79 Å². The Morgan fingerprint density at radius 1 is 1.36 bits per heavy atom. The molecule has 0 spiro atoms. The number of nitrogens with one attached hydrogen (secondary N) is 2. The number of rotatable bonds is 1. The van der Waals surface area contributed by atoms with Crippen LogP contribution in [0.4, 0.5) is 0 Å². The number of H-pyrrole nitrogens is 1.